The monoisotopic (exact) mass is 256 g/mol. The highest BCUT2D eigenvalue weighted by atomic mass is 16.5. The molecular weight excluding hydrogens is 236 g/mol. The van der Waals surface area contributed by atoms with E-state index in [4.69, 9.17) is 15.7 Å². The minimum atomic E-state index is -0.840. The molecule has 0 bridgehead atoms. The lowest BCUT2D eigenvalue weighted by Crippen LogP contribution is -2.56. The van der Waals surface area contributed by atoms with Crippen molar-refractivity contribution in [2.24, 2.45) is 16.3 Å². The molecule has 1 aliphatic carbocycles. The number of oxime groups is 1. The zero-order valence-corrected chi connectivity index (χ0v) is 10.4. The van der Waals surface area contributed by atoms with Crippen molar-refractivity contribution in [2.45, 2.75) is 25.7 Å². The van der Waals surface area contributed by atoms with Gasteiger partial charge < -0.3 is 15.7 Å². The van der Waals surface area contributed by atoms with Crippen molar-refractivity contribution in [2.75, 3.05) is 26.3 Å². The van der Waals surface area contributed by atoms with Crippen molar-refractivity contribution in [1.82, 2.24) is 10.4 Å². The van der Waals surface area contributed by atoms with E-state index in [2.05, 4.69) is 10.6 Å². The van der Waals surface area contributed by atoms with Crippen molar-refractivity contribution in [3.63, 3.8) is 0 Å². The number of carbonyl (C=O) groups is 1. The third-order valence-electron chi connectivity index (χ3n) is 3.76. The van der Waals surface area contributed by atoms with Crippen molar-refractivity contribution in [3.8, 4) is 0 Å². The van der Waals surface area contributed by atoms with E-state index < -0.39 is 5.41 Å². The highest BCUT2D eigenvalue weighted by molar-refractivity contribution is 6.06. The van der Waals surface area contributed by atoms with E-state index in [0.717, 1.165) is 12.8 Å². The van der Waals surface area contributed by atoms with Crippen LogP contribution in [0.3, 0.4) is 0 Å². The summed E-state index contributed by atoms with van der Waals surface area (Å²) in [6, 6.07) is 0. The normalized spacial score (nSPS) is 25.0. The molecule has 2 rings (SSSR count). The van der Waals surface area contributed by atoms with Crippen LogP contribution < -0.4 is 11.2 Å². The molecule has 1 amide bonds. The number of morpholine rings is 1. The van der Waals surface area contributed by atoms with Crippen LogP contribution in [-0.4, -0.2) is 48.3 Å². The molecule has 1 saturated carbocycles. The summed E-state index contributed by atoms with van der Waals surface area (Å²) in [6.07, 6.45) is 3.12. The van der Waals surface area contributed by atoms with Gasteiger partial charge in [-0.3, -0.25) is 10.2 Å². The van der Waals surface area contributed by atoms with Gasteiger partial charge in [0.25, 0.3) is 0 Å². The summed E-state index contributed by atoms with van der Waals surface area (Å²) in [5.74, 6) is -0.150. The van der Waals surface area contributed by atoms with Gasteiger partial charge in [-0.2, -0.15) is 0 Å². The number of ether oxygens (including phenoxy) is 1. The van der Waals surface area contributed by atoms with Gasteiger partial charge in [0.05, 0.1) is 13.2 Å². The maximum atomic E-state index is 12.4. The van der Waals surface area contributed by atoms with E-state index in [0.29, 0.717) is 39.1 Å². The Bertz CT molecular complexity index is 333. The van der Waals surface area contributed by atoms with Gasteiger partial charge in [-0.1, -0.05) is 18.0 Å². The Morgan fingerprint density at radius 1 is 1.33 bits per heavy atom. The molecular formula is C11H20N4O3. The SMILES string of the molecule is NC(=NO)C1(C(=O)NN2CCOCC2)CCCC1. The summed E-state index contributed by atoms with van der Waals surface area (Å²) >= 11 is 0. The van der Waals surface area contributed by atoms with Crippen LogP contribution in [0.4, 0.5) is 0 Å². The summed E-state index contributed by atoms with van der Waals surface area (Å²) in [5.41, 5.74) is 7.73. The van der Waals surface area contributed by atoms with Crippen molar-refractivity contribution in [1.29, 1.82) is 0 Å². The minimum Gasteiger partial charge on any atom is -0.409 e. The molecule has 7 heteroatoms. The number of amides is 1. The molecule has 0 aromatic heterocycles. The van der Waals surface area contributed by atoms with Gasteiger partial charge in [0.15, 0.2) is 5.84 Å². The van der Waals surface area contributed by atoms with Crippen LogP contribution in [0.25, 0.3) is 0 Å². The second kappa shape index (κ2) is 5.53. The Balaban J connectivity index is 2.04. The molecule has 0 aromatic rings. The first kappa shape index (κ1) is 13.1. The topological polar surface area (TPSA) is 100 Å². The van der Waals surface area contributed by atoms with Crippen LogP contribution in [0, 0.1) is 5.41 Å². The number of hydrazine groups is 1. The maximum absolute atomic E-state index is 12.4. The summed E-state index contributed by atoms with van der Waals surface area (Å²) in [5, 5.41) is 13.7. The third kappa shape index (κ3) is 2.41. The molecule has 0 aromatic carbocycles. The van der Waals surface area contributed by atoms with Gasteiger partial charge in [-0.25, -0.2) is 5.01 Å². The second-order valence-corrected chi connectivity index (χ2v) is 4.81. The molecule has 2 fully saturated rings. The molecule has 0 unspecified atom stereocenters. The lowest BCUT2D eigenvalue weighted by molar-refractivity contribution is -0.134. The van der Waals surface area contributed by atoms with Gasteiger partial charge in [-0.15, -0.1) is 0 Å². The third-order valence-corrected chi connectivity index (χ3v) is 3.76. The van der Waals surface area contributed by atoms with Gasteiger partial charge in [0.2, 0.25) is 5.91 Å². The fraction of sp³-hybridized carbons (Fsp3) is 0.818. The number of rotatable bonds is 3. The highest BCUT2D eigenvalue weighted by Gasteiger charge is 2.46. The number of amidine groups is 1. The summed E-state index contributed by atoms with van der Waals surface area (Å²) < 4.78 is 5.22. The molecule has 4 N–H and O–H groups in total. The average Bonchev–Trinajstić information content (AvgIpc) is 2.89. The Morgan fingerprint density at radius 2 is 1.94 bits per heavy atom. The molecule has 102 valence electrons. The van der Waals surface area contributed by atoms with Gasteiger partial charge in [0.1, 0.15) is 5.41 Å². The first-order valence-electron chi connectivity index (χ1n) is 6.31. The van der Waals surface area contributed by atoms with Crippen LogP contribution in [0.15, 0.2) is 5.16 Å². The molecule has 0 radical (unpaired) electrons. The molecule has 1 saturated heterocycles. The van der Waals surface area contributed by atoms with E-state index in [-0.39, 0.29) is 11.7 Å². The molecule has 2 aliphatic rings. The predicted molar refractivity (Wildman–Crippen MR) is 64.8 cm³/mol. The van der Waals surface area contributed by atoms with Crippen LogP contribution in [-0.2, 0) is 9.53 Å². The molecule has 1 aliphatic heterocycles. The van der Waals surface area contributed by atoms with E-state index in [9.17, 15) is 4.79 Å². The first-order chi connectivity index (χ1) is 8.69. The fourth-order valence-electron chi connectivity index (χ4n) is 2.60. The lowest BCUT2D eigenvalue weighted by Gasteiger charge is -2.32. The van der Waals surface area contributed by atoms with Crippen molar-refractivity contribution >= 4 is 11.7 Å². The number of hydrogen-bond acceptors (Lipinski definition) is 5. The van der Waals surface area contributed by atoms with Crippen molar-refractivity contribution in [3.05, 3.63) is 0 Å². The molecule has 0 atom stereocenters. The van der Waals surface area contributed by atoms with E-state index in [1.165, 1.54) is 0 Å². The Morgan fingerprint density at radius 3 is 2.50 bits per heavy atom. The standard InChI is InChI=1S/C11H20N4O3/c12-9(14-17)11(3-1-2-4-11)10(16)13-15-5-7-18-8-6-15/h17H,1-8H2,(H2,12,14)(H,13,16). The summed E-state index contributed by atoms with van der Waals surface area (Å²) in [7, 11) is 0. The van der Waals surface area contributed by atoms with Crippen molar-refractivity contribution < 1.29 is 14.7 Å². The zero-order chi connectivity index (χ0) is 13.0. The minimum absolute atomic E-state index is 0.0192. The number of nitrogens with two attached hydrogens (primary N) is 1. The Labute approximate surface area is 106 Å². The van der Waals surface area contributed by atoms with E-state index >= 15 is 0 Å². The summed E-state index contributed by atoms with van der Waals surface area (Å²) in [4.78, 5) is 12.4. The Kier molecular flexibility index (Phi) is 4.03. The van der Waals surface area contributed by atoms with Crippen LogP contribution in [0.5, 0.6) is 0 Å². The zero-order valence-electron chi connectivity index (χ0n) is 10.4. The number of nitrogens with zero attached hydrogens (tertiary/aromatic N) is 2. The van der Waals surface area contributed by atoms with E-state index in [1.54, 1.807) is 0 Å². The predicted octanol–water partition coefficient (Wildman–Crippen LogP) is -0.343. The molecule has 7 nitrogen and oxygen atoms in total. The smallest absolute Gasteiger partial charge is 0.248 e. The number of carbonyl (C=O) groups excluding carboxylic acids is 1. The van der Waals surface area contributed by atoms with Gasteiger partial charge in [0, 0.05) is 13.1 Å². The average molecular weight is 256 g/mol. The molecule has 0 spiro atoms. The van der Waals surface area contributed by atoms with Crippen LogP contribution in [0.2, 0.25) is 0 Å². The Hall–Kier alpha value is -1.34. The lowest BCUT2D eigenvalue weighted by atomic mass is 9.84. The largest absolute Gasteiger partial charge is 0.409 e. The summed E-state index contributed by atoms with van der Waals surface area (Å²) in [6.45, 7) is 2.55. The first-order valence-corrected chi connectivity index (χ1v) is 6.31. The molecule has 18 heavy (non-hydrogen) atoms. The van der Waals surface area contributed by atoms with Crippen LogP contribution >= 0.6 is 0 Å². The fourth-order valence-corrected chi connectivity index (χ4v) is 2.60. The van der Waals surface area contributed by atoms with Crippen LogP contribution in [0.1, 0.15) is 25.7 Å². The van der Waals surface area contributed by atoms with Gasteiger partial charge >= 0.3 is 0 Å². The van der Waals surface area contributed by atoms with Gasteiger partial charge in [-0.05, 0) is 12.8 Å². The van der Waals surface area contributed by atoms with E-state index in [1.807, 2.05) is 5.01 Å². The molecule has 1 heterocycles. The number of nitrogens with one attached hydrogen (secondary N) is 1. The maximum Gasteiger partial charge on any atom is 0.248 e. The quantitative estimate of drug-likeness (QED) is 0.277. The highest BCUT2D eigenvalue weighted by Crippen LogP contribution is 2.38. The second-order valence-electron chi connectivity index (χ2n) is 4.81. The number of hydrogen-bond donors (Lipinski definition) is 3.